The Labute approximate surface area is 205 Å². The summed E-state index contributed by atoms with van der Waals surface area (Å²) in [5, 5.41) is 2.85. The molecule has 3 aromatic carbocycles. The Hall–Kier alpha value is -3.97. The van der Waals surface area contributed by atoms with Crippen LogP contribution >= 0.6 is 0 Å². The predicted octanol–water partition coefficient (Wildman–Crippen LogP) is 5.62. The van der Waals surface area contributed by atoms with E-state index < -0.39 is 9.84 Å². The number of nitrogens with one attached hydrogen (secondary N) is 1. The van der Waals surface area contributed by atoms with E-state index in [0.29, 0.717) is 16.8 Å². The lowest BCUT2D eigenvalue weighted by Gasteiger charge is -2.17. The van der Waals surface area contributed by atoms with Crippen molar-refractivity contribution in [2.45, 2.75) is 25.7 Å². The number of ketones is 1. The number of aromatic nitrogens is 1. The number of hydrogen-bond acceptors (Lipinski definition) is 4. The highest BCUT2D eigenvalue weighted by atomic mass is 32.2. The number of carbonyl (C=O) groups excluding carboxylic acids is 2. The maximum atomic E-state index is 13.1. The number of para-hydroxylation sites is 1. The number of Topliss-reactive ketones (excluding diaryl/α,β-unsaturated/α-hetero) is 1. The van der Waals surface area contributed by atoms with E-state index in [-0.39, 0.29) is 16.6 Å². The standard InChI is InChI=1S/C28H26N2O4S/c1-18-17-26(28(32)29-21-13-15-22(16-14-21)35(4,33)34)19(2)30(18)27-12-8-7-11-25(27)24-10-6-5-9-23(24)20(3)31/h5-17H,1-4H3,(H,29,32). The molecular formula is C28H26N2O4S. The van der Waals surface area contributed by atoms with E-state index in [9.17, 15) is 18.0 Å². The highest BCUT2D eigenvalue weighted by Gasteiger charge is 2.20. The van der Waals surface area contributed by atoms with Crippen LogP contribution in [0.5, 0.6) is 0 Å². The van der Waals surface area contributed by atoms with E-state index in [1.54, 1.807) is 19.1 Å². The fourth-order valence-electron chi connectivity index (χ4n) is 4.27. The molecule has 0 saturated carbocycles. The van der Waals surface area contributed by atoms with Gasteiger partial charge in [-0.2, -0.15) is 0 Å². The summed E-state index contributed by atoms with van der Waals surface area (Å²) >= 11 is 0. The molecule has 0 fully saturated rings. The predicted molar refractivity (Wildman–Crippen MR) is 138 cm³/mol. The van der Waals surface area contributed by atoms with E-state index in [2.05, 4.69) is 5.32 Å². The van der Waals surface area contributed by atoms with Gasteiger partial charge in [0.2, 0.25) is 0 Å². The summed E-state index contributed by atoms with van der Waals surface area (Å²) in [5.41, 5.74) is 5.86. The third-order valence-electron chi connectivity index (χ3n) is 5.96. The largest absolute Gasteiger partial charge is 0.322 e. The van der Waals surface area contributed by atoms with Crippen molar-refractivity contribution in [3.05, 3.63) is 101 Å². The minimum Gasteiger partial charge on any atom is -0.322 e. The molecule has 1 N–H and O–H groups in total. The Bertz CT molecular complexity index is 1550. The van der Waals surface area contributed by atoms with E-state index in [0.717, 1.165) is 34.5 Å². The van der Waals surface area contributed by atoms with Gasteiger partial charge in [-0.25, -0.2) is 8.42 Å². The molecule has 0 unspecified atom stereocenters. The van der Waals surface area contributed by atoms with Gasteiger partial charge in [0, 0.05) is 34.5 Å². The van der Waals surface area contributed by atoms with Crippen LogP contribution in [0.2, 0.25) is 0 Å². The number of benzene rings is 3. The molecule has 4 aromatic rings. The fraction of sp³-hybridized carbons (Fsp3) is 0.143. The molecule has 1 heterocycles. The Morgan fingerprint density at radius 3 is 2.03 bits per heavy atom. The van der Waals surface area contributed by atoms with Crippen LogP contribution in [0.3, 0.4) is 0 Å². The van der Waals surface area contributed by atoms with Gasteiger partial charge in [0.25, 0.3) is 5.91 Å². The van der Waals surface area contributed by atoms with Gasteiger partial charge in [0.1, 0.15) is 0 Å². The Balaban J connectivity index is 1.73. The van der Waals surface area contributed by atoms with Crippen LogP contribution in [0, 0.1) is 13.8 Å². The Morgan fingerprint density at radius 2 is 1.40 bits per heavy atom. The monoisotopic (exact) mass is 486 g/mol. The van der Waals surface area contributed by atoms with Crippen molar-refractivity contribution in [1.82, 2.24) is 4.57 Å². The summed E-state index contributed by atoms with van der Waals surface area (Å²) in [6.07, 6.45) is 1.14. The van der Waals surface area contributed by atoms with Gasteiger partial charge >= 0.3 is 0 Å². The zero-order valence-electron chi connectivity index (χ0n) is 20.0. The van der Waals surface area contributed by atoms with Gasteiger partial charge in [-0.3, -0.25) is 9.59 Å². The highest BCUT2D eigenvalue weighted by molar-refractivity contribution is 7.90. The molecular weight excluding hydrogens is 460 g/mol. The van der Waals surface area contributed by atoms with Gasteiger partial charge in [0.05, 0.1) is 16.1 Å². The van der Waals surface area contributed by atoms with Crippen LogP contribution in [-0.4, -0.2) is 30.9 Å². The van der Waals surface area contributed by atoms with Gasteiger partial charge in [0.15, 0.2) is 15.6 Å². The Kier molecular flexibility index (Phi) is 6.45. The summed E-state index contributed by atoms with van der Waals surface area (Å²) in [6, 6.07) is 23.2. The number of amides is 1. The van der Waals surface area contributed by atoms with Gasteiger partial charge < -0.3 is 9.88 Å². The summed E-state index contributed by atoms with van der Waals surface area (Å²) in [7, 11) is -3.31. The molecule has 0 aliphatic heterocycles. The number of sulfone groups is 1. The molecule has 6 nitrogen and oxygen atoms in total. The molecule has 7 heteroatoms. The summed E-state index contributed by atoms with van der Waals surface area (Å²) < 4.78 is 25.4. The van der Waals surface area contributed by atoms with Crippen LogP contribution in [0.25, 0.3) is 16.8 Å². The number of nitrogens with zero attached hydrogens (tertiary/aromatic N) is 1. The zero-order chi connectivity index (χ0) is 25.3. The SMILES string of the molecule is CC(=O)c1ccccc1-c1ccccc1-n1c(C)cc(C(=O)Nc2ccc(S(C)(=O)=O)cc2)c1C. The second-order valence-electron chi connectivity index (χ2n) is 8.49. The lowest BCUT2D eigenvalue weighted by Crippen LogP contribution is -2.13. The number of carbonyl (C=O) groups is 2. The summed E-state index contributed by atoms with van der Waals surface area (Å²) in [5.74, 6) is -0.309. The molecule has 0 saturated heterocycles. The summed E-state index contributed by atoms with van der Waals surface area (Å²) in [6.45, 7) is 5.36. The van der Waals surface area contributed by atoms with Crippen molar-refractivity contribution in [1.29, 1.82) is 0 Å². The average Bonchev–Trinajstić information content (AvgIpc) is 3.12. The van der Waals surface area contributed by atoms with Crippen molar-refractivity contribution in [3.8, 4) is 16.8 Å². The molecule has 0 bridgehead atoms. The van der Waals surface area contributed by atoms with Crippen LogP contribution in [0.4, 0.5) is 5.69 Å². The molecule has 0 radical (unpaired) electrons. The van der Waals surface area contributed by atoms with E-state index in [1.807, 2.05) is 73.0 Å². The van der Waals surface area contributed by atoms with Gasteiger partial charge in [-0.05, 0) is 62.7 Å². The molecule has 0 aliphatic rings. The maximum absolute atomic E-state index is 13.1. The first-order chi connectivity index (χ1) is 16.6. The third kappa shape index (κ3) is 4.81. The smallest absolute Gasteiger partial charge is 0.257 e. The number of aryl methyl sites for hydroxylation is 1. The zero-order valence-corrected chi connectivity index (χ0v) is 20.8. The average molecular weight is 487 g/mol. The molecule has 0 spiro atoms. The molecule has 1 aromatic heterocycles. The van der Waals surface area contributed by atoms with Crippen molar-refractivity contribution in [3.63, 3.8) is 0 Å². The second kappa shape index (κ2) is 9.35. The normalized spacial score (nSPS) is 11.3. The quantitative estimate of drug-likeness (QED) is 0.359. The van der Waals surface area contributed by atoms with Crippen LogP contribution < -0.4 is 5.32 Å². The fourth-order valence-corrected chi connectivity index (χ4v) is 4.90. The van der Waals surface area contributed by atoms with E-state index >= 15 is 0 Å². The number of anilines is 1. The van der Waals surface area contributed by atoms with E-state index in [4.69, 9.17) is 0 Å². The first kappa shape index (κ1) is 24.2. The van der Waals surface area contributed by atoms with Crippen LogP contribution in [0.1, 0.15) is 39.0 Å². The number of rotatable bonds is 6. The van der Waals surface area contributed by atoms with Crippen molar-refractivity contribution in [2.75, 3.05) is 11.6 Å². The topological polar surface area (TPSA) is 85.2 Å². The highest BCUT2D eigenvalue weighted by Crippen LogP contribution is 2.33. The van der Waals surface area contributed by atoms with Crippen molar-refractivity contribution < 1.29 is 18.0 Å². The lowest BCUT2D eigenvalue weighted by atomic mass is 9.96. The molecule has 1 amide bonds. The first-order valence-electron chi connectivity index (χ1n) is 11.1. The van der Waals surface area contributed by atoms with Gasteiger partial charge in [-0.15, -0.1) is 0 Å². The first-order valence-corrected chi connectivity index (χ1v) is 13.0. The third-order valence-corrected chi connectivity index (χ3v) is 7.09. The lowest BCUT2D eigenvalue weighted by molar-refractivity contribution is 0.101. The second-order valence-corrected chi connectivity index (χ2v) is 10.5. The van der Waals surface area contributed by atoms with Crippen LogP contribution in [-0.2, 0) is 9.84 Å². The van der Waals surface area contributed by atoms with Crippen LogP contribution in [0.15, 0.2) is 83.8 Å². The molecule has 178 valence electrons. The Morgan fingerprint density at radius 1 is 0.800 bits per heavy atom. The van der Waals surface area contributed by atoms with Crippen molar-refractivity contribution in [2.24, 2.45) is 0 Å². The van der Waals surface area contributed by atoms with Crippen molar-refractivity contribution >= 4 is 27.2 Å². The molecule has 35 heavy (non-hydrogen) atoms. The van der Waals surface area contributed by atoms with E-state index in [1.165, 1.54) is 12.1 Å². The minimum absolute atomic E-state index is 0.0155. The molecule has 0 atom stereocenters. The van der Waals surface area contributed by atoms with Gasteiger partial charge in [-0.1, -0.05) is 42.5 Å². The number of hydrogen-bond donors (Lipinski definition) is 1. The molecule has 4 rings (SSSR count). The molecule has 0 aliphatic carbocycles. The minimum atomic E-state index is -3.31. The maximum Gasteiger partial charge on any atom is 0.257 e. The summed E-state index contributed by atoms with van der Waals surface area (Å²) in [4.78, 5) is 25.6.